The quantitative estimate of drug-likeness (QED) is 0.706. The van der Waals surface area contributed by atoms with Crippen molar-refractivity contribution in [3.8, 4) is 5.75 Å². The lowest BCUT2D eigenvalue weighted by Crippen LogP contribution is -2.28. The van der Waals surface area contributed by atoms with Crippen LogP contribution in [0.15, 0.2) is 30.3 Å². The van der Waals surface area contributed by atoms with Crippen molar-refractivity contribution in [3.05, 3.63) is 30.3 Å². The van der Waals surface area contributed by atoms with E-state index in [9.17, 15) is 0 Å². The zero-order chi connectivity index (χ0) is 13.4. The summed E-state index contributed by atoms with van der Waals surface area (Å²) in [6, 6.07) is 10.6. The number of rotatable bonds is 8. The van der Waals surface area contributed by atoms with Crippen LogP contribution in [-0.4, -0.2) is 19.7 Å². The molecule has 1 aromatic carbocycles. The first-order valence-corrected chi connectivity index (χ1v) is 6.88. The number of benzene rings is 1. The summed E-state index contributed by atoms with van der Waals surface area (Å²) in [5.41, 5.74) is 0.377. The molecule has 0 saturated heterocycles. The summed E-state index contributed by atoms with van der Waals surface area (Å²) in [6.07, 6.45) is 3.51. The highest BCUT2D eigenvalue weighted by molar-refractivity contribution is 5.20. The third kappa shape index (κ3) is 6.06. The van der Waals surface area contributed by atoms with Gasteiger partial charge in [0, 0.05) is 6.04 Å². The van der Waals surface area contributed by atoms with Gasteiger partial charge in [0.2, 0.25) is 0 Å². The van der Waals surface area contributed by atoms with Gasteiger partial charge in [-0.25, -0.2) is 0 Å². The third-order valence-electron chi connectivity index (χ3n) is 3.36. The van der Waals surface area contributed by atoms with E-state index >= 15 is 0 Å². The Labute approximate surface area is 112 Å². The number of hydrogen-bond donors (Lipinski definition) is 1. The second kappa shape index (κ2) is 7.42. The van der Waals surface area contributed by atoms with Gasteiger partial charge in [0.15, 0.2) is 0 Å². The van der Waals surface area contributed by atoms with Crippen LogP contribution in [0.25, 0.3) is 0 Å². The van der Waals surface area contributed by atoms with Gasteiger partial charge in [-0.15, -0.1) is 0 Å². The molecule has 0 amide bonds. The monoisotopic (exact) mass is 249 g/mol. The van der Waals surface area contributed by atoms with E-state index in [1.807, 2.05) is 37.4 Å². The molecule has 0 saturated carbocycles. The molecule has 0 aliphatic heterocycles. The molecule has 0 aliphatic rings. The fourth-order valence-corrected chi connectivity index (χ4v) is 2.29. The van der Waals surface area contributed by atoms with Gasteiger partial charge in [-0.05, 0) is 50.8 Å². The lowest BCUT2D eigenvalue weighted by molar-refractivity contribution is 0.230. The Morgan fingerprint density at radius 3 is 2.50 bits per heavy atom. The highest BCUT2D eigenvalue weighted by Crippen LogP contribution is 2.28. The van der Waals surface area contributed by atoms with Crippen LogP contribution in [0.3, 0.4) is 0 Å². The van der Waals surface area contributed by atoms with Crippen molar-refractivity contribution in [2.75, 3.05) is 13.7 Å². The Morgan fingerprint density at radius 1 is 1.22 bits per heavy atom. The van der Waals surface area contributed by atoms with E-state index in [0.717, 1.165) is 18.8 Å². The second-order valence-corrected chi connectivity index (χ2v) is 5.82. The predicted molar refractivity (Wildman–Crippen MR) is 78.1 cm³/mol. The van der Waals surface area contributed by atoms with Gasteiger partial charge in [0.25, 0.3) is 0 Å². The first-order chi connectivity index (χ1) is 8.53. The lowest BCUT2D eigenvalue weighted by Gasteiger charge is -2.28. The zero-order valence-corrected chi connectivity index (χ0v) is 12.2. The van der Waals surface area contributed by atoms with Crippen molar-refractivity contribution in [2.45, 2.75) is 46.1 Å². The van der Waals surface area contributed by atoms with Gasteiger partial charge in [-0.2, -0.15) is 0 Å². The summed E-state index contributed by atoms with van der Waals surface area (Å²) in [4.78, 5) is 0. The number of ether oxygens (including phenoxy) is 1. The van der Waals surface area contributed by atoms with Gasteiger partial charge in [-0.1, -0.05) is 32.0 Å². The van der Waals surface area contributed by atoms with Crippen molar-refractivity contribution in [2.24, 2.45) is 5.41 Å². The number of hydrogen-bond acceptors (Lipinski definition) is 2. The predicted octanol–water partition coefficient (Wildman–Crippen LogP) is 3.87. The molecule has 0 heterocycles. The first-order valence-electron chi connectivity index (χ1n) is 6.88. The maximum Gasteiger partial charge on any atom is 0.119 e. The zero-order valence-electron chi connectivity index (χ0n) is 12.2. The van der Waals surface area contributed by atoms with Crippen LogP contribution in [0.4, 0.5) is 0 Å². The largest absolute Gasteiger partial charge is 0.494 e. The minimum Gasteiger partial charge on any atom is -0.494 e. The van der Waals surface area contributed by atoms with Gasteiger partial charge >= 0.3 is 0 Å². The van der Waals surface area contributed by atoms with E-state index in [1.165, 1.54) is 12.8 Å². The molecule has 0 radical (unpaired) electrons. The molecule has 2 nitrogen and oxygen atoms in total. The van der Waals surface area contributed by atoms with Crippen molar-refractivity contribution >= 4 is 0 Å². The third-order valence-corrected chi connectivity index (χ3v) is 3.36. The van der Waals surface area contributed by atoms with Gasteiger partial charge < -0.3 is 10.1 Å². The second-order valence-electron chi connectivity index (χ2n) is 5.82. The van der Waals surface area contributed by atoms with E-state index in [2.05, 4.69) is 26.1 Å². The van der Waals surface area contributed by atoms with Crippen LogP contribution < -0.4 is 10.1 Å². The van der Waals surface area contributed by atoms with E-state index in [-0.39, 0.29) is 0 Å². The van der Waals surface area contributed by atoms with Gasteiger partial charge in [0.1, 0.15) is 5.75 Å². The highest BCUT2D eigenvalue weighted by atomic mass is 16.5. The van der Waals surface area contributed by atoms with Crippen molar-refractivity contribution < 1.29 is 4.74 Å². The van der Waals surface area contributed by atoms with E-state index < -0.39 is 0 Å². The average molecular weight is 249 g/mol. The minimum absolute atomic E-state index is 0.377. The first kappa shape index (κ1) is 15.0. The van der Waals surface area contributed by atoms with E-state index in [0.29, 0.717) is 11.5 Å². The van der Waals surface area contributed by atoms with Crippen LogP contribution >= 0.6 is 0 Å². The molecular formula is C16H27NO. The number of para-hydroxylation sites is 1. The average Bonchev–Trinajstić information content (AvgIpc) is 2.35. The van der Waals surface area contributed by atoms with Crippen molar-refractivity contribution in [1.82, 2.24) is 5.32 Å². The van der Waals surface area contributed by atoms with Crippen molar-refractivity contribution in [1.29, 1.82) is 0 Å². The Bertz CT molecular complexity index is 321. The van der Waals surface area contributed by atoms with E-state index in [4.69, 9.17) is 4.74 Å². The van der Waals surface area contributed by atoms with E-state index in [1.54, 1.807) is 0 Å². The maximum absolute atomic E-state index is 5.72. The lowest BCUT2D eigenvalue weighted by atomic mass is 9.82. The molecular weight excluding hydrogens is 222 g/mol. The summed E-state index contributed by atoms with van der Waals surface area (Å²) in [7, 11) is 2.03. The number of nitrogens with one attached hydrogen (secondary N) is 1. The van der Waals surface area contributed by atoms with Crippen molar-refractivity contribution in [3.63, 3.8) is 0 Å². The molecule has 1 aromatic rings. The summed E-state index contributed by atoms with van der Waals surface area (Å²) in [6.45, 7) is 7.72. The Morgan fingerprint density at radius 2 is 1.89 bits per heavy atom. The molecule has 1 unspecified atom stereocenters. The van der Waals surface area contributed by atoms with Crippen LogP contribution in [0.2, 0.25) is 0 Å². The molecule has 1 rings (SSSR count). The molecule has 0 aromatic heterocycles. The molecule has 102 valence electrons. The molecule has 2 heteroatoms. The SMILES string of the molecule is CNC(C)CC(C)(C)CCCOc1ccccc1. The van der Waals surface area contributed by atoms with Crippen LogP contribution in [0, 0.1) is 5.41 Å². The Balaban J connectivity index is 2.20. The summed E-state index contributed by atoms with van der Waals surface area (Å²) in [5.74, 6) is 0.971. The fraction of sp³-hybridized carbons (Fsp3) is 0.625. The summed E-state index contributed by atoms with van der Waals surface area (Å²) >= 11 is 0. The summed E-state index contributed by atoms with van der Waals surface area (Å²) < 4.78 is 5.72. The Kier molecular flexibility index (Phi) is 6.20. The molecule has 1 N–H and O–H groups in total. The van der Waals surface area contributed by atoms with Crippen LogP contribution in [0.5, 0.6) is 5.75 Å². The molecule has 0 fully saturated rings. The van der Waals surface area contributed by atoms with Crippen LogP contribution in [-0.2, 0) is 0 Å². The topological polar surface area (TPSA) is 21.3 Å². The fourth-order valence-electron chi connectivity index (χ4n) is 2.29. The standard InChI is InChI=1S/C16H27NO/c1-14(17-4)13-16(2,3)11-8-12-18-15-9-6-5-7-10-15/h5-7,9-10,14,17H,8,11-13H2,1-4H3. The van der Waals surface area contributed by atoms with Gasteiger partial charge in [0.05, 0.1) is 6.61 Å². The molecule has 0 aliphatic carbocycles. The Hall–Kier alpha value is -1.02. The maximum atomic E-state index is 5.72. The smallest absolute Gasteiger partial charge is 0.119 e. The summed E-state index contributed by atoms with van der Waals surface area (Å²) in [5, 5.41) is 3.31. The molecule has 0 bridgehead atoms. The van der Waals surface area contributed by atoms with Gasteiger partial charge in [-0.3, -0.25) is 0 Å². The molecule has 0 spiro atoms. The normalized spacial score (nSPS) is 13.3. The minimum atomic E-state index is 0.377. The highest BCUT2D eigenvalue weighted by Gasteiger charge is 2.19. The molecule has 1 atom stereocenters. The molecule has 18 heavy (non-hydrogen) atoms. The van der Waals surface area contributed by atoms with Crippen LogP contribution in [0.1, 0.15) is 40.0 Å².